The minimum absolute atomic E-state index is 0.0756. The maximum absolute atomic E-state index is 13.4. The zero-order valence-electron chi connectivity index (χ0n) is 18.9. The van der Waals surface area contributed by atoms with E-state index in [1.807, 2.05) is 13.0 Å². The monoisotopic (exact) mass is 457 g/mol. The second kappa shape index (κ2) is 10.3. The van der Waals surface area contributed by atoms with E-state index in [0.717, 1.165) is 0 Å². The van der Waals surface area contributed by atoms with Crippen LogP contribution in [0.1, 0.15) is 55.5 Å². The highest BCUT2D eigenvalue weighted by Crippen LogP contribution is 2.35. The van der Waals surface area contributed by atoms with Crippen molar-refractivity contribution in [3.8, 4) is 0 Å². The number of aliphatic hydroxyl groups excluding tert-OH is 1. The number of hydrogen-bond donors (Lipinski definition) is 4. The summed E-state index contributed by atoms with van der Waals surface area (Å²) in [5.74, 6) is -0.644. The Morgan fingerprint density at radius 1 is 0.824 bits per heavy atom. The molecule has 0 radical (unpaired) electrons. The van der Waals surface area contributed by atoms with Crippen molar-refractivity contribution in [2.45, 2.75) is 19.4 Å². The summed E-state index contributed by atoms with van der Waals surface area (Å²) in [6, 6.07) is 19.0. The Kier molecular flexibility index (Phi) is 7.04. The lowest BCUT2D eigenvalue weighted by atomic mass is 9.82. The highest BCUT2D eigenvalue weighted by Gasteiger charge is 2.33. The van der Waals surface area contributed by atoms with Crippen LogP contribution in [0.3, 0.4) is 0 Å². The van der Waals surface area contributed by atoms with E-state index in [2.05, 4.69) is 16.0 Å². The number of carbonyl (C=O) groups excluding carboxylic acids is 3. The molecule has 7 heteroatoms. The normalized spacial score (nSPS) is 13.0. The van der Waals surface area contributed by atoms with E-state index < -0.39 is 0 Å². The third-order valence-corrected chi connectivity index (χ3v) is 5.91. The molecule has 1 atom stereocenters. The number of rotatable bonds is 9. The van der Waals surface area contributed by atoms with Crippen LogP contribution < -0.4 is 16.0 Å². The van der Waals surface area contributed by atoms with Gasteiger partial charge in [0.1, 0.15) is 0 Å². The van der Waals surface area contributed by atoms with Gasteiger partial charge in [-0.2, -0.15) is 0 Å². The van der Waals surface area contributed by atoms with E-state index in [1.54, 1.807) is 60.7 Å². The Hall–Kier alpha value is -3.97. The molecule has 3 aromatic carbocycles. The van der Waals surface area contributed by atoms with Crippen molar-refractivity contribution >= 4 is 28.8 Å². The van der Waals surface area contributed by atoms with Crippen molar-refractivity contribution in [3.05, 3.63) is 94.5 Å². The highest BCUT2D eigenvalue weighted by atomic mass is 16.3. The number of fused-ring (bicyclic) bond motifs is 2. The van der Waals surface area contributed by atoms with Crippen molar-refractivity contribution < 1.29 is 19.5 Å². The van der Waals surface area contributed by atoms with Crippen LogP contribution in [-0.4, -0.2) is 48.3 Å². The third kappa shape index (κ3) is 4.56. The molecule has 1 unspecified atom stereocenters. The molecule has 1 aliphatic carbocycles. The van der Waals surface area contributed by atoms with Gasteiger partial charge in [0.25, 0.3) is 5.91 Å². The lowest BCUT2D eigenvalue weighted by Crippen LogP contribution is -2.30. The summed E-state index contributed by atoms with van der Waals surface area (Å²) in [6.07, 6.45) is 0.674. The van der Waals surface area contributed by atoms with Crippen LogP contribution in [0.5, 0.6) is 0 Å². The standard InChI is InChI=1S/C27H27N3O4/c1-2-18(16-31)30-22-13-7-11-20-24(22)26(33)19-10-6-12-21(23(19)25(20)32)28-14-15-29-27(34)17-8-4-3-5-9-17/h3-13,18,28,30-31H,2,14-16H2,1H3,(H,29,34). The Balaban J connectivity index is 1.52. The van der Waals surface area contributed by atoms with E-state index in [1.165, 1.54) is 0 Å². The molecular formula is C27H27N3O4. The minimum atomic E-state index is -0.235. The van der Waals surface area contributed by atoms with E-state index in [0.29, 0.717) is 58.7 Å². The van der Waals surface area contributed by atoms with Gasteiger partial charge in [-0.1, -0.05) is 49.4 Å². The zero-order chi connectivity index (χ0) is 24.1. The first-order chi connectivity index (χ1) is 16.5. The SMILES string of the molecule is CCC(CO)Nc1cccc2c1C(=O)c1cccc(NCCNC(=O)c3ccccc3)c1C2=O. The van der Waals surface area contributed by atoms with Crippen LogP contribution in [0, 0.1) is 0 Å². The number of amides is 1. The molecule has 4 N–H and O–H groups in total. The van der Waals surface area contributed by atoms with Gasteiger partial charge in [-0.3, -0.25) is 14.4 Å². The largest absolute Gasteiger partial charge is 0.394 e. The van der Waals surface area contributed by atoms with E-state index >= 15 is 0 Å². The molecule has 1 aliphatic rings. The molecule has 34 heavy (non-hydrogen) atoms. The Bertz CT molecular complexity index is 1220. The fraction of sp³-hybridized carbons (Fsp3) is 0.222. The van der Waals surface area contributed by atoms with Crippen LogP contribution in [0.15, 0.2) is 66.7 Å². The van der Waals surface area contributed by atoms with Crippen LogP contribution in [0.2, 0.25) is 0 Å². The van der Waals surface area contributed by atoms with Crippen molar-refractivity contribution in [1.29, 1.82) is 0 Å². The van der Waals surface area contributed by atoms with Crippen molar-refractivity contribution in [2.75, 3.05) is 30.3 Å². The first-order valence-electron chi connectivity index (χ1n) is 11.3. The highest BCUT2D eigenvalue weighted by molar-refractivity contribution is 6.31. The first kappa shape index (κ1) is 23.2. The number of ketones is 2. The number of carbonyl (C=O) groups is 3. The van der Waals surface area contributed by atoms with Gasteiger partial charge >= 0.3 is 0 Å². The number of benzene rings is 3. The quantitative estimate of drug-likeness (QED) is 0.287. The predicted octanol–water partition coefficient (Wildman–Crippen LogP) is 3.49. The van der Waals surface area contributed by atoms with Gasteiger partial charge in [-0.25, -0.2) is 0 Å². The minimum Gasteiger partial charge on any atom is -0.394 e. The van der Waals surface area contributed by atoms with Gasteiger partial charge < -0.3 is 21.1 Å². The van der Waals surface area contributed by atoms with Crippen LogP contribution in [0.25, 0.3) is 0 Å². The summed E-state index contributed by atoms with van der Waals surface area (Å²) >= 11 is 0. The molecule has 0 aliphatic heterocycles. The molecule has 0 aromatic heterocycles. The van der Waals surface area contributed by atoms with Gasteiger partial charge in [0.2, 0.25) is 0 Å². The molecule has 174 valence electrons. The Labute approximate surface area is 198 Å². The summed E-state index contributed by atoms with van der Waals surface area (Å²) < 4.78 is 0. The third-order valence-electron chi connectivity index (χ3n) is 5.91. The Morgan fingerprint density at radius 3 is 2.06 bits per heavy atom. The molecule has 7 nitrogen and oxygen atoms in total. The molecule has 3 aromatic rings. The second-order valence-corrected chi connectivity index (χ2v) is 8.10. The van der Waals surface area contributed by atoms with E-state index in [4.69, 9.17) is 0 Å². The van der Waals surface area contributed by atoms with Crippen LogP contribution in [-0.2, 0) is 0 Å². The summed E-state index contributed by atoms with van der Waals surface area (Å²) in [6.45, 7) is 2.60. The molecule has 0 heterocycles. The molecule has 0 fully saturated rings. The lowest BCUT2D eigenvalue weighted by Gasteiger charge is -2.25. The van der Waals surface area contributed by atoms with Gasteiger partial charge in [0.05, 0.1) is 17.7 Å². The van der Waals surface area contributed by atoms with Crippen molar-refractivity contribution in [2.24, 2.45) is 0 Å². The van der Waals surface area contributed by atoms with Crippen molar-refractivity contribution in [3.63, 3.8) is 0 Å². The maximum atomic E-state index is 13.4. The summed E-state index contributed by atoms with van der Waals surface area (Å²) in [5.41, 5.74) is 3.01. The van der Waals surface area contributed by atoms with Gasteiger partial charge in [-0.15, -0.1) is 0 Å². The summed E-state index contributed by atoms with van der Waals surface area (Å²) in [5, 5.41) is 18.8. The van der Waals surface area contributed by atoms with E-state index in [9.17, 15) is 19.5 Å². The molecule has 0 saturated carbocycles. The topological polar surface area (TPSA) is 108 Å². The molecule has 4 rings (SSSR count). The Morgan fingerprint density at radius 2 is 1.44 bits per heavy atom. The van der Waals surface area contributed by atoms with Crippen LogP contribution in [0.4, 0.5) is 11.4 Å². The molecule has 0 bridgehead atoms. The first-order valence-corrected chi connectivity index (χ1v) is 11.3. The number of nitrogens with one attached hydrogen (secondary N) is 3. The summed E-state index contributed by atoms with van der Waals surface area (Å²) in [7, 11) is 0. The molecule has 0 saturated heterocycles. The maximum Gasteiger partial charge on any atom is 0.251 e. The smallest absolute Gasteiger partial charge is 0.251 e. The molecule has 1 amide bonds. The lowest BCUT2D eigenvalue weighted by molar-refractivity contribution is 0.0954. The number of anilines is 2. The van der Waals surface area contributed by atoms with Gasteiger partial charge in [0, 0.05) is 47.2 Å². The fourth-order valence-corrected chi connectivity index (χ4v) is 4.07. The average molecular weight is 458 g/mol. The van der Waals surface area contributed by atoms with Gasteiger partial charge in [0.15, 0.2) is 11.6 Å². The fourth-order valence-electron chi connectivity index (χ4n) is 4.07. The predicted molar refractivity (Wildman–Crippen MR) is 132 cm³/mol. The average Bonchev–Trinajstić information content (AvgIpc) is 2.88. The van der Waals surface area contributed by atoms with E-state index in [-0.39, 0.29) is 30.1 Å². The second-order valence-electron chi connectivity index (χ2n) is 8.10. The molecular weight excluding hydrogens is 430 g/mol. The van der Waals surface area contributed by atoms with Gasteiger partial charge in [-0.05, 0) is 30.7 Å². The zero-order valence-corrected chi connectivity index (χ0v) is 18.9. The van der Waals surface area contributed by atoms with Crippen molar-refractivity contribution in [1.82, 2.24) is 5.32 Å². The molecule has 0 spiro atoms. The number of aliphatic hydroxyl groups is 1. The summed E-state index contributed by atoms with van der Waals surface area (Å²) in [4.78, 5) is 39.1. The van der Waals surface area contributed by atoms with Crippen LogP contribution >= 0.6 is 0 Å². The number of hydrogen-bond acceptors (Lipinski definition) is 6.